The highest BCUT2D eigenvalue weighted by atomic mass is 15.1. The first-order chi connectivity index (χ1) is 13.7. The molecule has 3 aromatic heterocycles. The van der Waals surface area contributed by atoms with Crippen LogP contribution in [0.5, 0.6) is 0 Å². The molecule has 1 aromatic carbocycles. The smallest absolute Gasteiger partial charge is 0.0546 e. The van der Waals surface area contributed by atoms with Crippen LogP contribution in [0.4, 0.5) is 5.69 Å². The van der Waals surface area contributed by atoms with Crippen LogP contribution in [0.2, 0.25) is 0 Å². The molecule has 28 heavy (non-hydrogen) atoms. The molecule has 4 rings (SSSR count). The molecule has 0 amide bonds. The standard InChI is InChI=1S/C23H29N5/c1-5-28(6-2)13-7-10-26-22-18-14-24-11-8-17(18)16(3)23-21(22)19-15-25-12-9-20(19)27(23)4/h8-9,11-12,14-15,26H,5-7,10,13H2,1-4H3. The first-order valence-electron chi connectivity index (χ1n) is 10.2. The van der Waals surface area contributed by atoms with Gasteiger partial charge in [0.05, 0.1) is 16.7 Å². The van der Waals surface area contributed by atoms with Crippen LogP contribution in [0.1, 0.15) is 25.8 Å². The normalized spacial score (nSPS) is 11.9. The Morgan fingerprint density at radius 1 is 1.00 bits per heavy atom. The zero-order valence-corrected chi connectivity index (χ0v) is 17.3. The van der Waals surface area contributed by atoms with Crippen molar-refractivity contribution in [3.63, 3.8) is 0 Å². The van der Waals surface area contributed by atoms with Crippen LogP contribution >= 0.6 is 0 Å². The third-order valence-corrected chi connectivity index (χ3v) is 5.95. The van der Waals surface area contributed by atoms with E-state index in [4.69, 9.17) is 0 Å². The summed E-state index contributed by atoms with van der Waals surface area (Å²) in [6.45, 7) is 10.9. The van der Waals surface area contributed by atoms with Crippen molar-refractivity contribution in [1.29, 1.82) is 0 Å². The van der Waals surface area contributed by atoms with Crippen LogP contribution in [0, 0.1) is 6.92 Å². The van der Waals surface area contributed by atoms with Gasteiger partial charge in [0.1, 0.15) is 0 Å². The fourth-order valence-corrected chi connectivity index (χ4v) is 4.40. The van der Waals surface area contributed by atoms with Crippen LogP contribution in [0.25, 0.3) is 32.6 Å². The van der Waals surface area contributed by atoms with Gasteiger partial charge >= 0.3 is 0 Å². The average molecular weight is 376 g/mol. The van der Waals surface area contributed by atoms with Crippen molar-refractivity contribution < 1.29 is 0 Å². The minimum atomic E-state index is 0.940. The molecule has 0 aliphatic rings. The summed E-state index contributed by atoms with van der Waals surface area (Å²) in [4.78, 5) is 11.3. The molecule has 146 valence electrons. The lowest BCUT2D eigenvalue weighted by atomic mass is 10.00. The second kappa shape index (κ2) is 7.76. The Kier molecular flexibility index (Phi) is 5.18. The van der Waals surface area contributed by atoms with Crippen molar-refractivity contribution in [2.45, 2.75) is 27.2 Å². The maximum absolute atomic E-state index is 4.42. The van der Waals surface area contributed by atoms with Gasteiger partial charge in [-0.25, -0.2) is 0 Å². The maximum atomic E-state index is 4.42. The predicted molar refractivity (Wildman–Crippen MR) is 119 cm³/mol. The Morgan fingerprint density at radius 3 is 2.46 bits per heavy atom. The Hall–Kier alpha value is -2.66. The number of aryl methyl sites for hydroxylation is 2. The van der Waals surface area contributed by atoms with Crippen molar-refractivity contribution in [2.75, 3.05) is 31.5 Å². The third-order valence-electron chi connectivity index (χ3n) is 5.95. The minimum absolute atomic E-state index is 0.940. The first kappa shape index (κ1) is 18.7. The molecular formula is C23H29N5. The quantitative estimate of drug-likeness (QED) is 0.475. The number of nitrogens with zero attached hydrogens (tertiary/aromatic N) is 4. The summed E-state index contributed by atoms with van der Waals surface area (Å²) in [6, 6.07) is 4.23. The minimum Gasteiger partial charge on any atom is -0.384 e. The van der Waals surface area contributed by atoms with Crippen LogP contribution < -0.4 is 5.32 Å². The number of pyridine rings is 2. The van der Waals surface area contributed by atoms with Gasteiger partial charge in [-0.1, -0.05) is 13.8 Å². The van der Waals surface area contributed by atoms with Crippen LogP contribution in [-0.2, 0) is 7.05 Å². The molecule has 0 fully saturated rings. The highest BCUT2D eigenvalue weighted by molar-refractivity contribution is 6.22. The van der Waals surface area contributed by atoms with Gasteiger partial charge in [0.15, 0.2) is 0 Å². The number of aromatic nitrogens is 3. The maximum Gasteiger partial charge on any atom is 0.0546 e. The van der Waals surface area contributed by atoms with E-state index in [1.54, 1.807) is 0 Å². The largest absolute Gasteiger partial charge is 0.384 e. The second-order valence-corrected chi connectivity index (χ2v) is 7.40. The van der Waals surface area contributed by atoms with Crippen LogP contribution in [-0.4, -0.2) is 45.6 Å². The molecule has 3 heterocycles. The van der Waals surface area contributed by atoms with Gasteiger partial charge in [0.2, 0.25) is 0 Å². The van der Waals surface area contributed by atoms with E-state index < -0.39 is 0 Å². The fourth-order valence-electron chi connectivity index (χ4n) is 4.40. The van der Waals surface area contributed by atoms with Gasteiger partial charge < -0.3 is 14.8 Å². The predicted octanol–water partition coefficient (Wildman–Crippen LogP) is 4.73. The monoisotopic (exact) mass is 375 g/mol. The molecule has 0 spiro atoms. The molecule has 0 bridgehead atoms. The Labute approximate surface area is 166 Å². The Bertz CT molecular complexity index is 1120. The lowest BCUT2D eigenvalue weighted by Gasteiger charge is -2.19. The molecule has 1 N–H and O–H groups in total. The van der Waals surface area contributed by atoms with E-state index in [0.29, 0.717) is 0 Å². The number of hydrogen-bond donors (Lipinski definition) is 1. The summed E-state index contributed by atoms with van der Waals surface area (Å²) >= 11 is 0. The molecule has 5 heteroatoms. The lowest BCUT2D eigenvalue weighted by molar-refractivity contribution is 0.303. The van der Waals surface area contributed by atoms with Crippen molar-refractivity contribution in [3.8, 4) is 0 Å². The van der Waals surface area contributed by atoms with Gasteiger partial charge in [-0.05, 0) is 56.1 Å². The molecule has 0 saturated heterocycles. The zero-order valence-electron chi connectivity index (χ0n) is 17.3. The molecule has 0 radical (unpaired) electrons. The molecule has 0 atom stereocenters. The van der Waals surface area contributed by atoms with E-state index in [0.717, 1.165) is 32.6 Å². The summed E-state index contributed by atoms with van der Waals surface area (Å²) in [5.74, 6) is 0. The average Bonchev–Trinajstić information content (AvgIpc) is 3.03. The van der Waals surface area contributed by atoms with Gasteiger partial charge in [0.25, 0.3) is 0 Å². The van der Waals surface area contributed by atoms with E-state index in [2.05, 4.69) is 64.7 Å². The SMILES string of the molecule is CCN(CC)CCCNc1c2cnccc2c(C)c2c1c1cnccc1n2C. The summed E-state index contributed by atoms with van der Waals surface area (Å²) in [5.41, 5.74) is 4.96. The third kappa shape index (κ3) is 3.00. The van der Waals surface area contributed by atoms with Gasteiger partial charge in [-0.15, -0.1) is 0 Å². The Balaban J connectivity index is 1.85. The van der Waals surface area contributed by atoms with Crippen molar-refractivity contribution >= 4 is 38.3 Å². The van der Waals surface area contributed by atoms with Gasteiger partial charge in [0, 0.05) is 54.5 Å². The molecule has 5 nitrogen and oxygen atoms in total. The van der Waals surface area contributed by atoms with Gasteiger partial charge in [-0.3, -0.25) is 9.97 Å². The summed E-state index contributed by atoms with van der Waals surface area (Å²) in [6.07, 6.45) is 8.84. The van der Waals surface area contributed by atoms with E-state index in [1.807, 2.05) is 24.8 Å². The van der Waals surface area contributed by atoms with E-state index in [-0.39, 0.29) is 0 Å². The van der Waals surface area contributed by atoms with Crippen LogP contribution in [0.3, 0.4) is 0 Å². The molecule has 0 saturated carbocycles. The fraction of sp³-hybridized carbons (Fsp3) is 0.391. The summed E-state index contributed by atoms with van der Waals surface area (Å²) in [7, 11) is 2.15. The summed E-state index contributed by atoms with van der Waals surface area (Å²) in [5, 5.41) is 8.65. The topological polar surface area (TPSA) is 46.0 Å². The number of hydrogen-bond acceptors (Lipinski definition) is 4. The number of anilines is 1. The second-order valence-electron chi connectivity index (χ2n) is 7.40. The zero-order chi connectivity index (χ0) is 19.7. The molecule has 0 aliphatic heterocycles. The highest BCUT2D eigenvalue weighted by Gasteiger charge is 2.18. The van der Waals surface area contributed by atoms with E-state index >= 15 is 0 Å². The Morgan fingerprint density at radius 2 is 1.71 bits per heavy atom. The van der Waals surface area contributed by atoms with Crippen LogP contribution in [0.15, 0.2) is 36.9 Å². The molecule has 0 unspecified atom stereocenters. The number of nitrogens with one attached hydrogen (secondary N) is 1. The molecular weight excluding hydrogens is 346 g/mol. The van der Waals surface area contributed by atoms with Crippen molar-refractivity contribution in [1.82, 2.24) is 19.4 Å². The number of fused-ring (bicyclic) bond motifs is 4. The van der Waals surface area contributed by atoms with E-state index in [1.165, 1.54) is 43.8 Å². The van der Waals surface area contributed by atoms with Crippen molar-refractivity contribution in [2.24, 2.45) is 7.05 Å². The van der Waals surface area contributed by atoms with Crippen molar-refractivity contribution in [3.05, 3.63) is 42.5 Å². The highest BCUT2D eigenvalue weighted by Crippen LogP contribution is 2.41. The first-order valence-corrected chi connectivity index (χ1v) is 10.2. The summed E-state index contributed by atoms with van der Waals surface area (Å²) < 4.78 is 2.29. The number of rotatable bonds is 7. The van der Waals surface area contributed by atoms with Gasteiger partial charge in [-0.2, -0.15) is 0 Å². The lowest BCUT2D eigenvalue weighted by Crippen LogP contribution is -2.25. The number of benzene rings is 1. The molecule has 0 aliphatic carbocycles. The van der Waals surface area contributed by atoms with E-state index in [9.17, 15) is 0 Å². The molecule has 4 aromatic rings.